The Bertz CT molecular complexity index is 874. The van der Waals surface area contributed by atoms with Crippen molar-refractivity contribution < 1.29 is 13.2 Å². The summed E-state index contributed by atoms with van der Waals surface area (Å²) in [6, 6.07) is 4.20. The fraction of sp³-hybridized carbons (Fsp3) is 0.267. The van der Waals surface area contributed by atoms with E-state index in [-0.39, 0.29) is 32.3 Å². The molecular formula is C15H15Cl3N2O3S2. The molecule has 1 heterocycles. The summed E-state index contributed by atoms with van der Waals surface area (Å²) in [4.78, 5) is 14.0. The van der Waals surface area contributed by atoms with Crippen molar-refractivity contribution in [3.63, 3.8) is 0 Å². The summed E-state index contributed by atoms with van der Waals surface area (Å²) in [5.41, 5.74) is 0.324. The van der Waals surface area contributed by atoms with Gasteiger partial charge in [-0.3, -0.25) is 9.52 Å². The van der Waals surface area contributed by atoms with E-state index in [9.17, 15) is 13.2 Å². The van der Waals surface area contributed by atoms with Gasteiger partial charge in [0.1, 0.15) is 4.90 Å². The molecule has 0 spiro atoms. The first-order chi connectivity index (χ1) is 11.7. The highest BCUT2D eigenvalue weighted by Gasteiger charge is 2.24. The Labute approximate surface area is 165 Å². The molecule has 1 aromatic heterocycles. The molecule has 0 bridgehead atoms. The molecule has 5 nitrogen and oxygen atoms in total. The Morgan fingerprint density at radius 1 is 1.24 bits per heavy atom. The van der Waals surface area contributed by atoms with E-state index in [2.05, 4.69) is 4.72 Å². The summed E-state index contributed by atoms with van der Waals surface area (Å²) in [6.07, 6.45) is 0.0991. The van der Waals surface area contributed by atoms with Crippen molar-refractivity contribution in [3.8, 4) is 0 Å². The number of sulfonamides is 1. The smallest absolute Gasteiger partial charge is 0.264 e. The Balaban J connectivity index is 2.32. The van der Waals surface area contributed by atoms with Gasteiger partial charge in [0.25, 0.3) is 10.0 Å². The van der Waals surface area contributed by atoms with Gasteiger partial charge in [0, 0.05) is 23.5 Å². The van der Waals surface area contributed by atoms with Gasteiger partial charge < -0.3 is 4.90 Å². The maximum absolute atomic E-state index is 12.7. The van der Waals surface area contributed by atoms with Crippen LogP contribution in [-0.2, 0) is 21.2 Å². The number of halogens is 3. The number of nitrogens with zero attached hydrogens (tertiary/aromatic N) is 1. The average Bonchev–Trinajstić information content (AvgIpc) is 2.91. The number of benzene rings is 1. The first-order valence-corrected chi connectivity index (χ1v) is 10.6. The van der Waals surface area contributed by atoms with E-state index in [0.29, 0.717) is 17.1 Å². The molecule has 2 aromatic rings. The fourth-order valence-electron chi connectivity index (χ4n) is 2.00. The summed E-state index contributed by atoms with van der Waals surface area (Å²) >= 11 is 19.1. The molecule has 0 saturated heterocycles. The van der Waals surface area contributed by atoms with Crippen LogP contribution in [0.1, 0.15) is 11.8 Å². The fourth-order valence-corrected chi connectivity index (χ4v) is 5.52. The Hall–Kier alpha value is -0.990. The second-order valence-corrected chi connectivity index (χ2v) is 9.02. The third kappa shape index (κ3) is 4.80. The maximum Gasteiger partial charge on any atom is 0.264 e. The Morgan fingerprint density at radius 2 is 1.84 bits per heavy atom. The van der Waals surface area contributed by atoms with Gasteiger partial charge in [0.2, 0.25) is 5.91 Å². The monoisotopic (exact) mass is 440 g/mol. The highest BCUT2D eigenvalue weighted by atomic mass is 35.5. The number of anilines is 1. The summed E-state index contributed by atoms with van der Waals surface area (Å²) < 4.78 is 27.8. The molecule has 0 aliphatic heterocycles. The Kier molecular flexibility index (Phi) is 6.62. The van der Waals surface area contributed by atoms with Crippen LogP contribution in [0.3, 0.4) is 0 Å². The van der Waals surface area contributed by atoms with E-state index in [1.807, 2.05) is 6.92 Å². The molecule has 0 aliphatic rings. The van der Waals surface area contributed by atoms with Crippen LogP contribution in [0.25, 0.3) is 0 Å². The maximum atomic E-state index is 12.7. The number of rotatable bonds is 6. The van der Waals surface area contributed by atoms with Gasteiger partial charge in [-0.15, -0.1) is 11.3 Å². The highest BCUT2D eigenvalue weighted by Crippen LogP contribution is 2.35. The predicted octanol–water partition coefficient (Wildman–Crippen LogP) is 4.53. The van der Waals surface area contributed by atoms with E-state index in [1.54, 1.807) is 23.4 Å². The van der Waals surface area contributed by atoms with E-state index >= 15 is 0 Å². The van der Waals surface area contributed by atoms with Gasteiger partial charge in [-0.25, -0.2) is 8.42 Å². The van der Waals surface area contributed by atoms with Gasteiger partial charge in [-0.2, -0.15) is 0 Å². The molecule has 0 radical (unpaired) electrons. The number of carbonyl (C=O) groups is 1. The zero-order chi connectivity index (χ0) is 18.8. The van der Waals surface area contributed by atoms with Gasteiger partial charge >= 0.3 is 0 Å². The van der Waals surface area contributed by atoms with Crippen molar-refractivity contribution in [1.82, 2.24) is 4.90 Å². The highest BCUT2D eigenvalue weighted by molar-refractivity contribution is 7.93. The lowest BCUT2D eigenvalue weighted by Crippen LogP contribution is -2.27. The van der Waals surface area contributed by atoms with Crippen LogP contribution in [0.15, 0.2) is 28.5 Å². The van der Waals surface area contributed by atoms with Crippen LogP contribution in [0.5, 0.6) is 0 Å². The third-order valence-electron chi connectivity index (χ3n) is 3.43. The average molecular weight is 442 g/mol. The quantitative estimate of drug-likeness (QED) is 0.716. The summed E-state index contributed by atoms with van der Waals surface area (Å²) in [7, 11) is -2.35. The first kappa shape index (κ1) is 20.3. The van der Waals surface area contributed by atoms with Crippen molar-refractivity contribution in [2.24, 2.45) is 0 Å². The van der Waals surface area contributed by atoms with Gasteiger partial charge in [-0.05, 0) is 30.5 Å². The lowest BCUT2D eigenvalue weighted by molar-refractivity contribution is -0.128. The number of nitrogens with one attached hydrogen (secondary N) is 1. The largest absolute Gasteiger partial charge is 0.346 e. The van der Waals surface area contributed by atoms with Crippen LogP contribution in [0.2, 0.25) is 15.1 Å². The van der Waals surface area contributed by atoms with E-state index in [0.717, 1.165) is 0 Å². The number of carbonyl (C=O) groups excluding carboxylic acids is 1. The van der Waals surface area contributed by atoms with Crippen LogP contribution < -0.4 is 4.72 Å². The van der Waals surface area contributed by atoms with Crippen molar-refractivity contribution in [1.29, 1.82) is 0 Å². The van der Waals surface area contributed by atoms with Gasteiger partial charge in [0.05, 0.1) is 22.2 Å². The number of hydrogen-bond acceptors (Lipinski definition) is 4. The van der Waals surface area contributed by atoms with Crippen molar-refractivity contribution in [2.75, 3.05) is 18.3 Å². The topological polar surface area (TPSA) is 66.5 Å². The summed E-state index contributed by atoms with van der Waals surface area (Å²) in [6.45, 7) is 2.43. The van der Waals surface area contributed by atoms with Crippen molar-refractivity contribution >= 4 is 67.8 Å². The summed E-state index contributed by atoms with van der Waals surface area (Å²) in [5, 5.41) is 1.78. The molecule has 0 saturated carbocycles. The molecule has 0 aliphatic carbocycles. The normalized spacial score (nSPS) is 11.4. The second-order valence-electron chi connectivity index (χ2n) is 5.15. The SMILES string of the molecule is CCN(C)C(=O)Cc1sccc1NS(=O)(=O)c1c(Cl)cc(Cl)cc1Cl. The van der Waals surface area contributed by atoms with Crippen LogP contribution in [-0.4, -0.2) is 32.8 Å². The van der Waals surface area contributed by atoms with Gasteiger partial charge in [0.15, 0.2) is 0 Å². The second kappa shape index (κ2) is 8.14. The van der Waals surface area contributed by atoms with Crippen molar-refractivity contribution in [3.05, 3.63) is 43.5 Å². The number of likely N-dealkylation sites (N-methyl/N-ethyl adjacent to an activating group) is 1. The molecule has 25 heavy (non-hydrogen) atoms. The Morgan fingerprint density at radius 3 is 2.40 bits per heavy atom. The minimum absolute atomic E-state index is 0.0800. The zero-order valence-corrected chi connectivity index (χ0v) is 17.2. The molecular weight excluding hydrogens is 427 g/mol. The molecule has 0 atom stereocenters. The molecule has 10 heteroatoms. The van der Waals surface area contributed by atoms with E-state index in [4.69, 9.17) is 34.8 Å². The molecule has 0 unspecified atom stereocenters. The molecule has 0 fully saturated rings. The number of amides is 1. The lowest BCUT2D eigenvalue weighted by atomic mass is 10.3. The predicted molar refractivity (Wildman–Crippen MR) is 104 cm³/mol. The number of hydrogen-bond donors (Lipinski definition) is 1. The zero-order valence-electron chi connectivity index (χ0n) is 13.3. The minimum Gasteiger partial charge on any atom is -0.346 e. The van der Waals surface area contributed by atoms with Gasteiger partial charge in [-0.1, -0.05) is 34.8 Å². The van der Waals surface area contributed by atoms with E-state index in [1.165, 1.54) is 23.5 Å². The minimum atomic E-state index is -4.04. The number of thiophene rings is 1. The van der Waals surface area contributed by atoms with Crippen molar-refractivity contribution in [2.45, 2.75) is 18.2 Å². The third-order valence-corrected chi connectivity index (χ3v) is 6.86. The van der Waals surface area contributed by atoms with E-state index < -0.39 is 10.0 Å². The molecule has 136 valence electrons. The molecule has 1 aromatic carbocycles. The van der Waals surface area contributed by atoms with Crippen LogP contribution in [0.4, 0.5) is 5.69 Å². The standard InChI is InChI=1S/C15H15Cl3N2O3S2/c1-3-20(2)14(21)8-13-12(4-5-24-13)19-25(22,23)15-10(17)6-9(16)7-11(15)18/h4-7,19H,3,8H2,1-2H3. The molecule has 2 rings (SSSR count). The van der Waals surface area contributed by atoms with Crippen LogP contribution >= 0.6 is 46.1 Å². The molecule has 1 N–H and O–H groups in total. The summed E-state index contributed by atoms with van der Waals surface area (Å²) in [5.74, 6) is -0.104. The first-order valence-electron chi connectivity index (χ1n) is 7.13. The van der Waals surface area contributed by atoms with Crippen LogP contribution in [0, 0.1) is 0 Å². The molecule has 1 amide bonds. The lowest BCUT2D eigenvalue weighted by Gasteiger charge is -2.15.